The van der Waals surface area contributed by atoms with Crippen LogP contribution >= 0.6 is 0 Å². The predicted octanol–water partition coefficient (Wildman–Crippen LogP) is 0.933. The summed E-state index contributed by atoms with van der Waals surface area (Å²) in [5.74, 6) is 1.56. The minimum absolute atomic E-state index is 1.33. The molecule has 0 spiro atoms. The Morgan fingerprint density at radius 1 is 1.56 bits per heavy atom. The Kier molecular flexibility index (Phi) is 2.53. The Hall–Kier alpha value is -0.690. The summed E-state index contributed by atoms with van der Waals surface area (Å²) < 4.78 is 33.7. The second kappa shape index (κ2) is 2.74. The van der Waals surface area contributed by atoms with Crippen LogP contribution in [0.25, 0.3) is 0 Å². The molecule has 0 rings (SSSR count). The molecule has 0 amide bonds. The zero-order valence-corrected chi connectivity index (χ0v) is 4.44. The van der Waals surface area contributed by atoms with Crippen molar-refractivity contribution in [2.24, 2.45) is 0 Å². The fraction of sp³-hybridized carbons (Fsp3) is 0.600. The van der Waals surface area contributed by atoms with Crippen LogP contribution < -0.4 is 0 Å². The van der Waals surface area contributed by atoms with E-state index in [9.17, 15) is 13.2 Å². The quantitative estimate of drug-likeness (QED) is 0.534. The van der Waals surface area contributed by atoms with Crippen molar-refractivity contribution in [1.29, 1.82) is 0 Å². The Morgan fingerprint density at radius 2 is 2.00 bits per heavy atom. The number of alkyl halides is 3. The molecule has 0 saturated carbocycles. The molecule has 4 heteroatoms. The maximum atomic E-state index is 11.2. The van der Waals surface area contributed by atoms with Crippen LogP contribution in [0.1, 0.15) is 6.42 Å². The average Bonchev–Trinajstić information content (AvgIpc) is 1.62. The van der Waals surface area contributed by atoms with Gasteiger partial charge in [0.2, 0.25) is 0 Å². The van der Waals surface area contributed by atoms with Gasteiger partial charge in [-0.2, -0.15) is 13.2 Å². The van der Waals surface area contributed by atoms with Crippen LogP contribution in [0.3, 0.4) is 0 Å². The maximum absolute atomic E-state index is 11.2. The van der Waals surface area contributed by atoms with E-state index in [1.165, 1.54) is 0 Å². The highest BCUT2D eigenvalue weighted by Gasteiger charge is 2.29. The molecular formula is C5H5F3O. The van der Waals surface area contributed by atoms with Gasteiger partial charge in [0.1, 0.15) is 6.10 Å². The van der Waals surface area contributed by atoms with E-state index in [1.807, 2.05) is 0 Å². The summed E-state index contributed by atoms with van der Waals surface area (Å²) in [7, 11) is 0. The predicted molar refractivity (Wildman–Crippen MR) is 25.5 cm³/mol. The first-order valence-corrected chi connectivity index (χ1v) is 2.16. The molecule has 0 radical (unpaired) electrons. The molecule has 52 valence electrons. The van der Waals surface area contributed by atoms with Gasteiger partial charge in [-0.15, -0.1) is 6.42 Å². The van der Waals surface area contributed by atoms with Gasteiger partial charge in [0, 0.05) is 0 Å². The maximum Gasteiger partial charge on any atom is 0.392 e. The third kappa shape index (κ3) is 5.18. The zero-order chi connectivity index (χ0) is 7.49. The highest BCUT2D eigenvalue weighted by molar-refractivity contribution is 4.94. The van der Waals surface area contributed by atoms with Gasteiger partial charge < -0.3 is 5.11 Å². The number of aliphatic hydroxyl groups excluding tert-OH is 1. The third-order valence-electron chi connectivity index (χ3n) is 0.617. The molecule has 0 fully saturated rings. The summed E-state index contributed by atoms with van der Waals surface area (Å²) in [5.41, 5.74) is 0. The molecule has 0 aromatic rings. The SMILES string of the molecule is C#CC(O)CC(F)(F)F. The van der Waals surface area contributed by atoms with Gasteiger partial charge in [-0.1, -0.05) is 5.92 Å². The van der Waals surface area contributed by atoms with E-state index in [0.29, 0.717) is 0 Å². The van der Waals surface area contributed by atoms with Crippen LogP contribution in [0.4, 0.5) is 13.2 Å². The molecule has 0 aliphatic carbocycles. The first-order chi connectivity index (χ1) is 3.95. The smallest absolute Gasteiger partial charge is 0.380 e. The van der Waals surface area contributed by atoms with Crippen molar-refractivity contribution in [2.45, 2.75) is 18.7 Å². The molecular weight excluding hydrogens is 133 g/mol. The van der Waals surface area contributed by atoms with E-state index in [4.69, 9.17) is 5.11 Å². The first kappa shape index (κ1) is 8.31. The van der Waals surface area contributed by atoms with Gasteiger partial charge >= 0.3 is 6.18 Å². The van der Waals surface area contributed by atoms with E-state index in [2.05, 4.69) is 6.42 Å². The fourth-order valence-corrected chi connectivity index (χ4v) is 0.278. The van der Waals surface area contributed by atoms with E-state index in [-0.39, 0.29) is 0 Å². The van der Waals surface area contributed by atoms with Gasteiger partial charge in [-0.3, -0.25) is 0 Å². The van der Waals surface area contributed by atoms with Crippen LogP contribution in [0.5, 0.6) is 0 Å². The summed E-state index contributed by atoms with van der Waals surface area (Å²) in [6.07, 6.45) is -2.92. The number of hydrogen-bond acceptors (Lipinski definition) is 1. The van der Waals surface area contributed by atoms with Gasteiger partial charge in [-0.05, 0) is 0 Å². The molecule has 0 saturated heterocycles. The largest absolute Gasteiger partial charge is 0.392 e. The zero-order valence-electron chi connectivity index (χ0n) is 4.44. The third-order valence-corrected chi connectivity index (χ3v) is 0.617. The minimum Gasteiger partial charge on any atom is -0.380 e. The van der Waals surface area contributed by atoms with Gasteiger partial charge in [0.25, 0.3) is 0 Å². The molecule has 0 aliphatic rings. The molecule has 0 aliphatic heterocycles. The molecule has 1 unspecified atom stereocenters. The lowest BCUT2D eigenvalue weighted by molar-refractivity contribution is -0.147. The second-order valence-corrected chi connectivity index (χ2v) is 1.50. The van der Waals surface area contributed by atoms with Crippen molar-refractivity contribution < 1.29 is 18.3 Å². The highest BCUT2D eigenvalue weighted by atomic mass is 19.4. The summed E-state index contributed by atoms with van der Waals surface area (Å²) in [6, 6.07) is 0. The second-order valence-electron chi connectivity index (χ2n) is 1.50. The van der Waals surface area contributed by atoms with E-state index in [1.54, 1.807) is 5.92 Å². The van der Waals surface area contributed by atoms with Crippen molar-refractivity contribution in [2.75, 3.05) is 0 Å². The summed E-state index contributed by atoms with van der Waals surface area (Å²) >= 11 is 0. The Morgan fingerprint density at radius 3 is 2.11 bits per heavy atom. The minimum atomic E-state index is -4.37. The molecule has 1 nitrogen and oxygen atoms in total. The number of halogens is 3. The number of terminal acetylenes is 1. The van der Waals surface area contributed by atoms with Crippen LogP contribution in [-0.4, -0.2) is 17.4 Å². The van der Waals surface area contributed by atoms with Crippen LogP contribution in [0, 0.1) is 12.3 Å². The van der Waals surface area contributed by atoms with Crippen molar-refractivity contribution in [1.82, 2.24) is 0 Å². The first-order valence-electron chi connectivity index (χ1n) is 2.16. The molecule has 0 aromatic carbocycles. The van der Waals surface area contributed by atoms with Crippen molar-refractivity contribution in [3.8, 4) is 12.3 Å². The lowest BCUT2D eigenvalue weighted by atomic mass is 10.3. The molecule has 0 aromatic heterocycles. The van der Waals surface area contributed by atoms with E-state index < -0.39 is 18.7 Å². The summed E-state index contributed by atoms with van der Waals surface area (Å²) in [5, 5.41) is 8.24. The average molecular weight is 138 g/mol. The normalized spacial score (nSPS) is 14.6. The van der Waals surface area contributed by atoms with Crippen LogP contribution in [0.15, 0.2) is 0 Å². The van der Waals surface area contributed by atoms with Crippen molar-refractivity contribution in [3.63, 3.8) is 0 Å². The monoisotopic (exact) mass is 138 g/mol. The Balaban J connectivity index is 3.63. The van der Waals surface area contributed by atoms with Crippen LogP contribution in [0.2, 0.25) is 0 Å². The summed E-state index contributed by atoms with van der Waals surface area (Å²) in [6.45, 7) is 0. The number of hydrogen-bond donors (Lipinski definition) is 1. The molecule has 9 heavy (non-hydrogen) atoms. The fourth-order valence-electron chi connectivity index (χ4n) is 0.278. The van der Waals surface area contributed by atoms with Crippen molar-refractivity contribution in [3.05, 3.63) is 0 Å². The molecule has 0 heterocycles. The Labute approximate surface area is 50.5 Å². The molecule has 1 N–H and O–H groups in total. The lowest BCUT2D eigenvalue weighted by Gasteiger charge is -2.05. The van der Waals surface area contributed by atoms with E-state index in [0.717, 1.165) is 0 Å². The van der Waals surface area contributed by atoms with Gasteiger partial charge in [0.15, 0.2) is 0 Å². The summed E-state index contributed by atoms with van der Waals surface area (Å²) in [4.78, 5) is 0. The topological polar surface area (TPSA) is 20.2 Å². The van der Waals surface area contributed by atoms with Gasteiger partial charge in [-0.25, -0.2) is 0 Å². The van der Waals surface area contributed by atoms with E-state index >= 15 is 0 Å². The van der Waals surface area contributed by atoms with Crippen molar-refractivity contribution >= 4 is 0 Å². The number of aliphatic hydroxyl groups is 1. The van der Waals surface area contributed by atoms with Crippen LogP contribution in [-0.2, 0) is 0 Å². The highest BCUT2D eigenvalue weighted by Crippen LogP contribution is 2.20. The lowest BCUT2D eigenvalue weighted by Crippen LogP contribution is -2.17. The molecule has 1 atom stereocenters. The standard InChI is InChI=1S/C5H5F3O/c1-2-4(9)3-5(6,7)8/h1,4,9H,3H2. The molecule has 0 bridgehead atoms. The van der Waals surface area contributed by atoms with Gasteiger partial charge in [0.05, 0.1) is 6.42 Å². The number of rotatable bonds is 1. The Bertz CT molecular complexity index is 121.